The van der Waals surface area contributed by atoms with E-state index in [1.54, 1.807) is 6.92 Å². The number of para-hydroxylation sites is 2. The number of rotatable bonds is 9. The highest BCUT2D eigenvalue weighted by Gasteiger charge is 2.34. The predicted octanol–water partition coefficient (Wildman–Crippen LogP) is 2.48. The predicted molar refractivity (Wildman–Crippen MR) is 124 cm³/mol. The Labute approximate surface area is 197 Å². The molecule has 0 unspecified atom stereocenters. The fourth-order valence-corrected chi connectivity index (χ4v) is 5.37. The van der Waals surface area contributed by atoms with E-state index in [0.29, 0.717) is 19.4 Å². The second kappa shape index (κ2) is 10.4. The van der Waals surface area contributed by atoms with E-state index in [2.05, 4.69) is 15.3 Å². The first-order chi connectivity index (χ1) is 16.4. The van der Waals surface area contributed by atoms with E-state index in [4.69, 9.17) is 9.15 Å². The van der Waals surface area contributed by atoms with Crippen LogP contribution < -0.4 is 5.32 Å². The van der Waals surface area contributed by atoms with Gasteiger partial charge in [-0.2, -0.15) is 4.31 Å². The van der Waals surface area contributed by atoms with Crippen LogP contribution in [0, 0.1) is 5.92 Å². The number of aryl methyl sites for hydroxylation is 1. The summed E-state index contributed by atoms with van der Waals surface area (Å²) in [6.07, 6.45) is 2.31. The molecule has 0 bridgehead atoms. The lowest BCUT2D eigenvalue weighted by Gasteiger charge is -2.29. The minimum atomic E-state index is -3.88. The van der Waals surface area contributed by atoms with Crippen LogP contribution in [0.5, 0.6) is 0 Å². The molecule has 0 radical (unpaired) electrons. The van der Waals surface area contributed by atoms with Crippen molar-refractivity contribution in [3.63, 3.8) is 0 Å². The van der Waals surface area contributed by atoms with Gasteiger partial charge < -0.3 is 19.5 Å². The maximum atomic E-state index is 12.8. The number of carbonyl (C=O) groups excluding carboxylic acids is 2. The summed E-state index contributed by atoms with van der Waals surface area (Å²) in [6, 6.07) is 10.4. The average molecular weight is 489 g/mol. The summed E-state index contributed by atoms with van der Waals surface area (Å²) in [4.78, 5) is 32.1. The number of carbonyl (C=O) groups is 2. The number of ether oxygens (including phenoxy) is 1. The number of nitrogens with zero attached hydrogens (tertiary/aromatic N) is 2. The lowest BCUT2D eigenvalue weighted by molar-refractivity contribution is -0.126. The molecule has 10 nitrogen and oxygen atoms in total. The molecule has 4 rings (SSSR count). The van der Waals surface area contributed by atoms with Gasteiger partial charge in [0.1, 0.15) is 5.82 Å². The van der Waals surface area contributed by atoms with Crippen molar-refractivity contribution in [2.45, 2.75) is 37.7 Å². The first-order valence-corrected chi connectivity index (χ1v) is 12.8. The first-order valence-electron chi connectivity index (χ1n) is 11.4. The van der Waals surface area contributed by atoms with Crippen LogP contribution in [0.3, 0.4) is 0 Å². The molecular formula is C23H28N4O6S. The fourth-order valence-electron chi connectivity index (χ4n) is 3.99. The van der Waals surface area contributed by atoms with Crippen LogP contribution in [0.25, 0.3) is 11.0 Å². The molecular weight excluding hydrogens is 460 g/mol. The van der Waals surface area contributed by atoms with Crippen LogP contribution in [-0.4, -0.2) is 60.8 Å². The number of hydrogen-bond donors (Lipinski definition) is 2. The number of esters is 1. The highest BCUT2D eigenvalue weighted by Crippen LogP contribution is 2.25. The molecule has 0 atom stereocenters. The molecule has 3 heterocycles. The zero-order valence-corrected chi connectivity index (χ0v) is 19.8. The fraction of sp³-hybridized carbons (Fsp3) is 0.435. The van der Waals surface area contributed by atoms with Crippen molar-refractivity contribution in [3.8, 4) is 0 Å². The standard InChI is InChI=1S/C23H28N4O6S/c1-2-32-23(29)19-9-10-21(33-19)34(30,31)27-14-11-16(12-15-27)22(28)24-13-5-8-20-25-17-6-3-4-7-18(17)26-20/h3-4,6-7,9-10,16H,2,5,8,11-15H2,1H3,(H,24,28)(H,25,26). The molecule has 2 N–H and O–H groups in total. The normalized spacial score (nSPS) is 15.4. The van der Waals surface area contributed by atoms with Gasteiger partial charge in [-0.05, 0) is 50.5 Å². The van der Waals surface area contributed by atoms with Crippen molar-refractivity contribution in [2.75, 3.05) is 26.2 Å². The van der Waals surface area contributed by atoms with Crippen molar-refractivity contribution in [1.82, 2.24) is 19.6 Å². The molecule has 0 spiro atoms. The molecule has 11 heteroatoms. The Morgan fingerprint density at radius 3 is 2.71 bits per heavy atom. The van der Waals surface area contributed by atoms with Crippen LogP contribution in [0.15, 0.2) is 45.9 Å². The zero-order valence-electron chi connectivity index (χ0n) is 19.0. The molecule has 1 amide bonds. The number of sulfonamides is 1. The molecule has 2 aromatic heterocycles. The third-order valence-electron chi connectivity index (χ3n) is 5.80. The van der Waals surface area contributed by atoms with E-state index >= 15 is 0 Å². The quantitative estimate of drug-likeness (QED) is 0.349. The molecule has 1 fully saturated rings. The molecule has 0 saturated carbocycles. The average Bonchev–Trinajstić information content (AvgIpc) is 3.50. The summed E-state index contributed by atoms with van der Waals surface area (Å²) in [7, 11) is -3.88. The Morgan fingerprint density at radius 1 is 1.21 bits per heavy atom. The Balaban J connectivity index is 1.22. The number of H-pyrrole nitrogens is 1. The monoisotopic (exact) mass is 488 g/mol. The van der Waals surface area contributed by atoms with Crippen molar-refractivity contribution in [2.24, 2.45) is 5.92 Å². The summed E-state index contributed by atoms with van der Waals surface area (Å²) in [5, 5.41) is 2.65. The smallest absolute Gasteiger partial charge is 0.374 e. The number of benzene rings is 1. The van der Waals surface area contributed by atoms with Gasteiger partial charge in [-0.15, -0.1) is 0 Å². The van der Waals surface area contributed by atoms with Gasteiger partial charge in [-0.25, -0.2) is 18.2 Å². The van der Waals surface area contributed by atoms with Crippen LogP contribution in [-0.2, 0) is 26.0 Å². The SMILES string of the molecule is CCOC(=O)c1ccc(S(=O)(=O)N2CCC(C(=O)NCCCc3nc4ccccc4[nH]3)CC2)o1. The van der Waals surface area contributed by atoms with Gasteiger partial charge in [-0.3, -0.25) is 4.79 Å². The molecule has 1 aromatic carbocycles. The van der Waals surface area contributed by atoms with Crippen molar-refractivity contribution < 1.29 is 27.2 Å². The molecule has 0 aliphatic carbocycles. The zero-order chi connectivity index (χ0) is 24.1. The third-order valence-corrected chi connectivity index (χ3v) is 7.58. The van der Waals surface area contributed by atoms with Gasteiger partial charge in [0, 0.05) is 32.0 Å². The third kappa shape index (κ3) is 5.31. The van der Waals surface area contributed by atoms with Crippen molar-refractivity contribution in [1.29, 1.82) is 0 Å². The van der Waals surface area contributed by atoms with E-state index in [0.717, 1.165) is 29.7 Å². The van der Waals surface area contributed by atoms with E-state index < -0.39 is 16.0 Å². The largest absolute Gasteiger partial charge is 0.460 e. The summed E-state index contributed by atoms with van der Waals surface area (Å²) in [5.41, 5.74) is 1.92. The number of piperidine rings is 1. The van der Waals surface area contributed by atoms with Crippen LogP contribution in [0.1, 0.15) is 42.6 Å². The Hall–Kier alpha value is -3.18. The molecule has 182 valence electrons. The summed E-state index contributed by atoms with van der Waals surface area (Å²) in [5.74, 6) is -0.288. The van der Waals surface area contributed by atoms with Crippen LogP contribution in [0.4, 0.5) is 0 Å². The van der Waals surface area contributed by atoms with Gasteiger partial charge in [0.05, 0.1) is 17.6 Å². The topological polar surface area (TPSA) is 135 Å². The second-order valence-corrected chi connectivity index (χ2v) is 9.98. The number of fused-ring (bicyclic) bond motifs is 1. The molecule has 1 saturated heterocycles. The molecule has 1 aliphatic rings. The summed E-state index contributed by atoms with van der Waals surface area (Å²) < 4.78 is 37.0. The number of furan rings is 1. The van der Waals surface area contributed by atoms with Gasteiger partial charge in [0.25, 0.3) is 10.0 Å². The second-order valence-electron chi connectivity index (χ2n) is 8.11. The molecule has 3 aromatic rings. The van der Waals surface area contributed by atoms with Crippen LogP contribution in [0.2, 0.25) is 0 Å². The molecule has 1 aliphatic heterocycles. The maximum absolute atomic E-state index is 12.8. The summed E-state index contributed by atoms with van der Waals surface area (Å²) >= 11 is 0. The van der Waals surface area contributed by atoms with Crippen molar-refractivity contribution >= 4 is 32.9 Å². The van der Waals surface area contributed by atoms with E-state index in [1.165, 1.54) is 16.4 Å². The number of imidazole rings is 1. The molecule has 34 heavy (non-hydrogen) atoms. The van der Waals surface area contributed by atoms with Crippen molar-refractivity contribution in [3.05, 3.63) is 48.0 Å². The highest BCUT2D eigenvalue weighted by atomic mass is 32.2. The highest BCUT2D eigenvalue weighted by molar-refractivity contribution is 7.89. The van der Waals surface area contributed by atoms with Crippen LogP contribution >= 0.6 is 0 Å². The lowest BCUT2D eigenvalue weighted by atomic mass is 9.97. The number of nitrogens with one attached hydrogen (secondary N) is 2. The number of amides is 1. The Kier molecular flexibility index (Phi) is 7.32. The Morgan fingerprint density at radius 2 is 1.97 bits per heavy atom. The minimum Gasteiger partial charge on any atom is -0.460 e. The van der Waals surface area contributed by atoms with E-state index in [9.17, 15) is 18.0 Å². The lowest BCUT2D eigenvalue weighted by Crippen LogP contribution is -2.43. The minimum absolute atomic E-state index is 0.0655. The van der Waals surface area contributed by atoms with Gasteiger partial charge in [0.2, 0.25) is 16.8 Å². The summed E-state index contributed by atoms with van der Waals surface area (Å²) in [6.45, 7) is 2.75. The first kappa shape index (κ1) is 24.0. The number of hydrogen-bond acceptors (Lipinski definition) is 7. The van der Waals surface area contributed by atoms with E-state index in [-0.39, 0.29) is 42.4 Å². The van der Waals surface area contributed by atoms with Gasteiger partial charge >= 0.3 is 5.97 Å². The maximum Gasteiger partial charge on any atom is 0.374 e. The van der Waals surface area contributed by atoms with Gasteiger partial charge in [-0.1, -0.05) is 12.1 Å². The van der Waals surface area contributed by atoms with E-state index in [1.807, 2.05) is 24.3 Å². The number of aromatic amines is 1. The number of aromatic nitrogens is 2. The van der Waals surface area contributed by atoms with Gasteiger partial charge in [0.15, 0.2) is 0 Å². The Bertz CT molecular complexity index is 1220.